The van der Waals surface area contributed by atoms with E-state index in [1.165, 1.54) is 4.90 Å². The smallest absolute Gasteiger partial charge is 0.409 e. The first-order valence-electron chi connectivity index (χ1n) is 7.39. The van der Waals surface area contributed by atoms with Gasteiger partial charge in [-0.05, 0) is 36.3 Å². The van der Waals surface area contributed by atoms with Crippen molar-refractivity contribution in [1.29, 1.82) is 0 Å². The number of nitrogens with zero attached hydrogens (tertiary/aromatic N) is 2. The fourth-order valence-corrected chi connectivity index (χ4v) is 2.54. The molecule has 0 saturated carbocycles. The van der Waals surface area contributed by atoms with Crippen LogP contribution in [0.3, 0.4) is 0 Å². The number of amides is 1. The minimum Gasteiger partial charge on any atom is -0.409 e. The summed E-state index contributed by atoms with van der Waals surface area (Å²) in [5.74, 6) is 0.573. The maximum absolute atomic E-state index is 12.0. The molecule has 116 valence electrons. The minimum atomic E-state index is -0.373. The SMILES string of the molecule is CN=Cc1ccc(/C=C2\OC(=O)N(C)c3ccc(C)cc32)cc1. The first-order chi connectivity index (χ1) is 11.1. The van der Waals surface area contributed by atoms with Crippen molar-refractivity contribution in [2.75, 3.05) is 19.0 Å². The number of benzene rings is 2. The highest BCUT2D eigenvalue weighted by atomic mass is 16.6. The predicted octanol–water partition coefficient (Wildman–Crippen LogP) is 4.13. The van der Waals surface area contributed by atoms with Crippen LogP contribution in [0.1, 0.15) is 22.3 Å². The molecular formula is C19H18N2O2. The van der Waals surface area contributed by atoms with E-state index in [1.807, 2.05) is 55.5 Å². The minimum absolute atomic E-state index is 0.373. The van der Waals surface area contributed by atoms with Gasteiger partial charge in [0.2, 0.25) is 0 Å². The standard InChI is InChI=1S/C19H18N2O2/c1-13-4-9-17-16(10-13)18(23-19(22)21(17)3)11-14-5-7-15(8-6-14)12-20-2/h4-12H,1-3H3/b18-11-,20-12?. The van der Waals surface area contributed by atoms with Gasteiger partial charge in [-0.1, -0.05) is 35.9 Å². The summed E-state index contributed by atoms with van der Waals surface area (Å²) in [5.41, 5.74) is 4.90. The average Bonchev–Trinajstić information content (AvgIpc) is 2.54. The maximum Gasteiger partial charge on any atom is 0.419 e. The highest BCUT2D eigenvalue weighted by Gasteiger charge is 2.26. The summed E-state index contributed by atoms with van der Waals surface area (Å²) in [7, 11) is 3.46. The van der Waals surface area contributed by atoms with Crippen molar-refractivity contribution in [3.05, 3.63) is 64.7 Å². The molecule has 2 aromatic rings. The molecule has 1 aliphatic heterocycles. The van der Waals surface area contributed by atoms with E-state index in [-0.39, 0.29) is 6.09 Å². The number of ether oxygens (including phenoxy) is 1. The Kier molecular flexibility index (Phi) is 3.98. The number of carbonyl (C=O) groups is 1. The van der Waals surface area contributed by atoms with Gasteiger partial charge in [-0.3, -0.25) is 9.89 Å². The molecule has 23 heavy (non-hydrogen) atoms. The lowest BCUT2D eigenvalue weighted by Crippen LogP contribution is -2.31. The number of anilines is 1. The van der Waals surface area contributed by atoms with E-state index >= 15 is 0 Å². The van der Waals surface area contributed by atoms with Crippen LogP contribution in [0.2, 0.25) is 0 Å². The molecule has 0 radical (unpaired) electrons. The summed E-state index contributed by atoms with van der Waals surface area (Å²) < 4.78 is 5.48. The van der Waals surface area contributed by atoms with Crippen molar-refractivity contribution in [1.82, 2.24) is 0 Å². The molecule has 1 aliphatic rings. The molecule has 1 heterocycles. The Bertz CT molecular complexity index is 805. The Morgan fingerprint density at radius 2 is 1.78 bits per heavy atom. The topological polar surface area (TPSA) is 41.9 Å². The Morgan fingerprint density at radius 3 is 2.48 bits per heavy atom. The van der Waals surface area contributed by atoms with Crippen LogP contribution in [-0.2, 0) is 4.74 Å². The van der Waals surface area contributed by atoms with Gasteiger partial charge in [0.15, 0.2) is 0 Å². The van der Waals surface area contributed by atoms with E-state index in [0.29, 0.717) is 5.76 Å². The summed E-state index contributed by atoms with van der Waals surface area (Å²) in [4.78, 5) is 17.5. The van der Waals surface area contributed by atoms with Gasteiger partial charge in [-0.2, -0.15) is 0 Å². The predicted molar refractivity (Wildman–Crippen MR) is 93.9 cm³/mol. The number of fused-ring (bicyclic) bond motifs is 1. The van der Waals surface area contributed by atoms with Gasteiger partial charge in [0.25, 0.3) is 0 Å². The number of hydrogen-bond acceptors (Lipinski definition) is 3. The van der Waals surface area contributed by atoms with Gasteiger partial charge >= 0.3 is 6.09 Å². The van der Waals surface area contributed by atoms with Crippen LogP contribution >= 0.6 is 0 Å². The lowest BCUT2D eigenvalue weighted by Gasteiger charge is -2.27. The molecule has 0 saturated heterocycles. The number of aryl methyl sites for hydroxylation is 1. The zero-order valence-electron chi connectivity index (χ0n) is 13.4. The average molecular weight is 306 g/mol. The van der Waals surface area contributed by atoms with Crippen molar-refractivity contribution in [3.63, 3.8) is 0 Å². The number of rotatable bonds is 2. The summed E-state index contributed by atoms with van der Waals surface area (Å²) in [6, 6.07) is 13.9. The summed E-state index contributed by atoms with van der Waals surface area (Å²) in [5, 5.41) is 0. The third kappa shape index (κ3) is 3.01. The molecule has 4 heteroatoms. The third-order valence-corrected chi connectivity index (χ3v) is 3.76. The Labute approximate surface area is 135 Å². The molecule has 3 rings (SSSR count). The third-order valence-electron chi connectivity index (χ3n) is 3.76. The largest absolute Gasteiger partial charge is 0.419 e. The molecule has 0 aliphatic carbocycles. The monoisotopic (exact) mass is 306 g/mol. The second-order valence-electron chi connectivity index (χ2n) is 5.51. The highest BCUT2D eigenvalue weighted by Crippen LogP contribution is 2.35. The molecular weight excluding hydrogens is 288 g/mol. The summed E-state index contributed by atoms with van der Waals surface area (Å²) >= 11 is 0. The van der Waals surface area contributed by atoms with Gasteiger partial charge in [-0.15, -0.1) is 0 Å². The van der Waals surface area contributed by atoms with Crippen molar-refractivity contribution in [2.45, 2.75) is 6.92 Å². The fraction of sp³-hybridized carbons (Fsp3) is 0.158. The fourth-order valence-electron chi connectivity index (χ4n) is 2.54. The first kappa shape index (κ1) is 15.0. The van der Waals surface area contributed by atoms with Crippen LogP contribution in [0.25, 0.3) is 11.8 Å². The van der Waals surface area contributed by atoms with Crippen molar-refractivity contribution < 1.29 is 9.53 Å². The lowest BCUT2D eigenvalue weighted by atomic mass is 10.0. The van der Waals surface area contributed by atoms with Gasteiger partial charge in [0.1, 0.15) is 5.76 Å². The van der Waals surface area contributed by atoms with Crippen molar-refractivity contribution >= 4 is 29.8 Å². The van der Waals surface area contributed by atoms with Crippen LogP contribution in [0.15, 0.2) is 47.5 Å². The van der Waals surface area contributed by atoms with Crippen LogP contribution in [0.4, 0.5) is 10.5 Å². The zero-order valence-corrected chi connectivity index (χ0v) is 13.4. The van der Waals surface area contributed by atoms with E-state index in [9.17, 15) is 4.79 Å². The number of carbonyl (C=O) groups excluding carboxylic acids is 1. The normalized spacial score (nSPS) is 15.9. The van der Waals surface area contributed by atoms with Crippen LogP contribution < -0.4 is 4.90 Å². The molecule has 4 nitrogen and oxygen atoms in total. The van der Waals surface area contributed by atoms with E-state index in [1.54, 1.807) is 20.3 Å². The molecule has 0 N–H and O–H groups in total. The quantitative estimate of drug-likeness (QED) is 0.783. The molecule has 0 atom stereocenters. The second kappa shape index (κ2) is 6.08. The van der Waals surface area contributed by atoms with Gasteiger partial charge in [-0.25, -0.2) is 4.79 Å². The number of cyclic esters (lactones) is 1. The summed E-state index contributed by atoms with van der Waals surface area (Å²) in [6.07, 6.45) is 3.31. The Balaban J connectivity index is 2.03. The molecule has 1 amide bonds. The van der Waals surface area contributed by atoms with Crippen LogP contribution in [-0.4, -0.2) is 26.4 Å². The van der Waals surface area contributed by atoms with E-state index in [0.717, 1.165) is 27.9 Å². The highest BCUT2D eigenvalue weighted by molar-refractivity contribution is 6.01. The van der Waals surface area contributed by atoms with E-state index in [4.69, 9.17) is 4.74 Å². The lowest BCUT2D eigenvalue weighted by molar-refractivity contribution is 0.199. The molecule has 0 aromatic heterocycles. The Morgan fingerprint density at radius 1 is 1.09 bits per heavy atom. The molecule has 0 bridgehead atoms. The van der Waals surface area contributed by atoms with Gasteiger partial charge < -0.3 is 4.74 Å². The first-order valence-corrected chi connectivity index (χ1v) is 7.39. The molecule has 0 fully saturated rings. The van der Waals surface area contributed by atoms with Crippen LogP contribution in [0, 0.1) is 6.92 Å². The van der Waals surface area contributed by atoms with Gasteiger partial charge in [0.05, 0.1) is 5.69 Å². The van der Waals surface area contributed by atoms with Gasteiger partial charge in [0, 0.05) is 25.9 Å². The molecule has 0 unspecified atom stereocenters. The Hall–Kier alpha value is -2.88. The second-order valence-corrected chi connectivity index (χ2v) is 5.51. The van der Waals surface area contributed by atoms with Crippen LogP contribution in [0.5, 0.6) is 0 Å². The molecule has 2 aromatic carbocycles. The number of hydrogen-bond donors (Lipinski definition) is 0. The zero-order chi connectivity index (χ0) is 16.4. The van der Waals surface area contributed by atoms with E-state index in [2.05, 4.69) is 4.99 Å². The summed E-state index contributed by atoms with van der Waals surface area (Å²) in [6.45, 7) is 2.02. The van der Waals surface area contributed by atoms with E-state index < -0.39 is 0 Å². The van der Waals surface area contributed by atoms with Crippen molar-refractivity contribution in [3.8, 4) is 0 Å². The molecule has 0 spiro atoms. The number of aliphatic imine (C=N–C) groups is 1. The van der Waals surface area contributed by atoms with Crippen molar-refractivity contribution in [2.24, 2.45) is 4.99 Å². The maximum atomic E-state index is 12.0.